The van der Waals surface area contributed by atoms with E-state index in [0.29, 0.717) is 5.41 Å². The van der Waals surface area contributed by atoms with E-state index < -0.39 is 0 Å². The Kier molecular flexibility index (Phi) is 3.47. The molecule has 84 valence electrons. The second-order valence-corrected chi connectivity index (χ2v) is 5.71. The largest absolute Gasteiger partial charge is 0.314 e. The zero-order valence-corrected chi connectivity index (χ0v) is 10.6. The predicted molar refractivity (Wildman–Crippen MR) is 67.4 cm³/mol. The molecule has 0 saturated heterocycles. The van der Waals surface area contributed by atoms with Gasteiger partial charge in [-0.05, 0) is 60.0 Å². The van der Waals surface area contributed by atoms with Gasteiger partial charge in [0.1, 0.15) is 0 Å². The van der Waals surface area contributed by atoms with Crippen molar-refractivity contribution in [3.63, 3.8) is 0 Å². The maximum Gasteiger partial charge on any atom is 0.0124 e. The molecule has 1 fully saturated rings. The summed E-state index contributed by atoms with van der Waals surface area (Å²) < 4.78 is 0. The van der Waals surface area contributed by atoms with Gasteiger partial charge >= 0.3 is 0 Å². The van der Waals surface area contributed by atoms with Gasteiger partial charge in [-0.1, -0.05) is 13.8 Å². The molecule has 0 amide bonds. The van der Waals surface area contributed by atoms with Gasteiger partial charge in [0.05, 0.1) is 0 Å². The number of hydrogen-bond acceptors (Lipinski definition) is 2. The molecule has 0 aliphatic heterocycles. The predicted octanol–water partition coefficient (Wildman–Crippen LogP) is 3.46. The lowest BCUT2D eigenvalue weighted by Crippen LogP contribution is -2.36. The van der Waals surface area contributed by atoms with Gasteiger partial charge in [0.25, 0.3) is 0 Å². The molecule has 1 heterocycles. The van der Waals surface area contributed by atoms with Gasteiger partial charge in [0, 0.05) is 6.04 Å². The number of thiophene rings is 1. The Hall–Kier alpha value is -0.340. The molecule has 15 heavy (non-hydrogen) atoms. The summed E-state index contributed by atoms with van der Waals surface area (Å²) in [6.45, 7) is 5.74. The third-order valence-electron chi connectivity index (χ3n) is 3.63. The Balaban J connectivity index is 1.84. The van der Waals surface area contributed by atoms with Crippen LogP contribution in [0.5, 0.6) is 0 Å². The van der Waals surface area contributed by atoms with Crippen LogP contribution in [0.15, 0.2) is 16.8 Å². The highest BCUT2D eigenvalue weighted by atomic mass is 32.1. The third-order valence-corrected chi connectivity index (χ3v) is 4.36. The molecule has 1 unspecified atom stereocenters. The molecule has 1 N–H and O–H groups in total. The highest BCUT2D eigenvalue weighted by Gasteiger charge is 2.43. The lowest BCUT2D eigenvalue weighted by atomic mass is 9.93. The molecule has 1 aromatic heterocycles. The highest BCUT2D eigenvalue weighted by Crippen LogP contribution is 2.49. The smallest absolute Gasteiger partial charge is 0.0124 e. The SMILES string of the molecule is CCNC(CCc1ccsc1)C1(C)CC1. The summed E-state index contributed by atoms with van der Waals surface area (Å²) in [4.78, 5) is 0. The van der Waals surface area contributed by atoms with Gasteiger partial charge in [-0.2, -0.15) is 11.3 Å². The molecular formula is C13H21NS. The van der Waals surface area contributed by atoms with Crippen LogP contribution in [0.2, 0.25) is 0 Å². The van der Waals surface area contributed by atoms with Crippen molar-refractivity contribution in [1.82, 2.24) is 5.32 Å². The molecule has 1 nitrogen and oxygen atoms in total. The Morgan fingerprint density at radius 3 is 2.87 bits per heavy atom. The Morgan fingerprint density at radius 1 is 1.53 bits per heavy atom. The number of hydrogen-bond donors (Lipinski definition) is 1. The summed E-state index contributed by atoms with van der Waals surface area (Å²) in [7, 11) is 0. The normalized spacial score (nSPS) is 20.1. The highest BCUT2D eigenvalue weighted by molar-refractivity contribution is 7.07. The average molecular weight is 223 g/mol. The molecule has 1 aromatic rings. The van der Waals surface area contributed by atoms with Gasteiger partial charge in [0.15, 0.2) is 0 Å². The summed E-state index contributed by atoms with van der Waals surface area (Å²) in [5, 5.41) is 8.10. The van der Waals surface area contributed by atoms with Crippen molar-refractivity contribution in [2.75, 3.05) is 6.54 Å². The molecule has 1 aliphatic rings. The van der Waals surface area contributed by atoms with Gasteiger partial charge in [0.2, 0.25) is 0 Å². The maximum absolute atomic E-state index is 3.65. The number of aryl methyl sites for hydroxylation is 1. The second-order valence-electron chi connectivity index (χ2n) is 4.93. The molecule has 1 saturated carbocycles. The quantitative estimate of drug-likeness (QED) is 0.779. The van der Waals surface area contributed by atoms with Crippen molar-refractivity contribution in [1.29, 1.82) is 0 Å². The van der Waals surface area contributed by atoms with E-state index in [9.17, 15) is 0 Å². The van der Waals surface area contributed by atoms with Crippen molar-refractivity contribution in [3.05, 3.63) is 22.4 Å². The first kappa shape index (κ1) is 11.2. The number of nitrogens with one attached hydrogen (secondary N) is 1. The van der Waals surface area contributed by atoms with Crippen molar-refractivity contribution < 1.29 is 0 Å². The van der Waals surface area contributed by atoms with E-state index >= 15 is 0 Å². The minimum absolute atomic E-state index is 0.603. The van der Waals surface area contributed by atoms with Crippen LogP contribution in [0.1, 0.15) is 38.7 Å². The van der Waals surface area contributed by atoms with Crippen LogP contribution in [0.4, 0.5) is 0 Å². The van der Waals surface area contributed by atoms with Gasteiger partial charge in [-0.25, -0.2) is 0 Å². The van der Waals surface area contributed by atoms with Crippen molar-refractivity contribution in [2.24, 2.45) is 5.41 Å². The average Bonchev–Trinajstić information content (AvgIpc) is 2.80. The minimum atomic E-state index is 0.603. The van der Waals surface area contributed by atoms with Crippen LogP contribution in [-0.2, 0) is 6.42 Å². The van der Waals surface area contributed by atoms with E-state index in [2.05, 4.69) is 36.0 Å². The van der Waals surface area contributed by atoms with Gasteiger partial charge < -0.3 is 5.32 Å². The van der Waals surface area contributed by atoms with Crippen LogP contribution < -0.4 is 5.32 Å². The topological polar surface area (TPSA) is 12.0 Å². The Bertz CT molecular complexity index is 287. The fourth-order valence-electron chi connectivity index (χ4n) is 2.23. The summed E-state index contributed by atoms with van der Waals surface area (Å²) in [6, 6.07) is 2.98. The van der Waals surface area contributed by atoms with Crippen LogP contribution in [0.3, 0.4) is 0 Å². The number of rotatable bonds is 6. The first-order valence-electron chi connectivity index (χ1n) is 5.99. The zero-order chi connectivity index (χ0) is 10.7. The van der Waals surface area contributed by atoms with E-state index in [1.165, 1.54) is 31.2 Å². The van der Waals surface area contributed by atoms with Crippen molar-refractivity contribution >= 4 is 11.3 Å². The standard InChI is InChI=1S/C13H21NS/c1-3-14-12(13(2)7-8-13)5-4-11-6-9-15-10-11/h6,9-10,12,14H,3-5,7-8H2,1-2H3. The summed E-state index contributed by atoms with van der Waals surface area (Å²) in [5.74, 6) is 0. The first-order valence-corrected chi connectivity index (χ1v) is 6.93. The van der Waals surface area contributed by atoms with Crippen LogP contribution in [0, 0.1) is 5.41 Å². The Morgan fingerprint density at radius 2 is 2.33 bits per heavy atom. The van der Waals surface area contributed by atoms with Gasteiger partial charge in [-0.15, -0.1) is 0 Å². The second kappa shape index (κ2) is 4.67. The monoisotopic (exact) mass is 223 g/mol. The van der Waals surface area contributed by atoms with E-state index in [0.717, 1.165) is 12.6 Å². The van der Waals surface area contributed by atoms with Crippen LogP contribution in [0.25, 0.3) is 0 Å². The molecule has 0 bridgehead atoms. The molecule has 0 radical (unpaired) electrons. The van der Waals surface area contributed by atoms with Gasteiger partial charge in [-0.3, -0.25) is 0 Å². The van der Waals surface area contributed by atoms with Crippen LogP contribution in [-0.4, -0.2) is 12.6 Å². The zero-order valence-electron chi connectivity index (χ0n) is 9.75. The van der Waals surface area contributed by atoms with E-state index in [4.69, 9.17) is 0 Å². The van der Waals surface area contributed by atoms with E-state index in [1.807, 2.05) is 11.3 Å². The van der Waals surface area contributed by atoms with E-state index in [-0.39, 0.29) is 0 Å². The Labute approximate surface area is 96.9 Å². The fourth-order valence-corrected chi connectivity index (χ4v) is 2.94. The minimum Gasteiger partial charge on any atom is -0.314 e. The molecule has 1 atom stereocenters. The third kappa shape index (κ3) is 2.82. The molecule has 2 rings (SSSR count). The first-order chi connectivity index (χ1) is 7.24. The fraction of sp³-hybridized carbons (Fsp3) is 0.692. The molecular weight excluding hydrogens is 202 g/mol. The lowest BCUT2D eigenvalue weighted by molar-refractivity contribution is 0.343. The molecule has 0 spiro atoms. The van der Waals surface area contributed by atoms with Crippen molar-refractivity contribution in [3.8, 4) is 0 Å². The molecule has 1 aliphatic carbocycles. The molecule has 2 heteroatoms. The summed E-state index contributed by atoms with van der Waals surface area (Å²) in [5.41, 5.74) is 2.11. The summed E-state index contributed by atoms with van der Waals surface area (Å²) >= 11 is 1.81. The summed E-state index contributed by atoms with van der Waals surface area (Å²) in [6.07, 6.45) is 5.35. The lowest BCUT2D eigenvalue weighted by Gasteiger charge is -2.24. The van der Waals surface area contributed by atoms with Crippen molar-refractivity contribution in [2.45, 2.75) is 45.6 Å². The maximum atomic E-state index is 3.65. The van der Waals surface area contributed by atoms with Crippen LogP contribution >= 0.6 is 11.3 Å². The molecule has 0 aromatic carbocycles. The van der Waals surface area contributed by atoms with E-state index in [1.54, 1.807) is 0 Å².